The number of anilines is 1. The Labute approximate surface area is 117 Å². The molecule has 8 heteroatoms. The lowest BCUT2D eigenvalue weighted by molar-refractivity contribution is -0.116. The Morgan fingerprint density at radius 3 is 2.90 bits per heavy atom. The van der Waals surface area contributed by atoms with E-state index in [0.717, 1.165) is 11.3 Å². The van der Waals surface area contributed by atoms with Gasteiger partial charge in [-0.25, -0.2) is 19.0 Å². The maximum atomic E-state index is 12.0. The summed E-state index contributed by atoms with van der Waals surface area (Å²) in [5.74, 6) is 4.80. The average Bonchev–Trinajstić information content (AvgIpc) is 2.81. The van der Waals surface area contributed by atoms with E-state index in [-0.39, 0.29) is 24.0 Å². The first kappa shape index (κ1) is 14.9. The minimum atomic E-state index is -3.58. The normalized spacial score (nSPS) is 14.4. The van der Waals surface area contributed by atoms with E-state index in [4.69, 9.17) is 5.90 Å². The van der Waals surface area contributed by atoms with Crippen LogP contribution in [-0.4, -0.2) is 34.0 Å². The van der Waals surface area contributed by atoms with Crippen LogP contribution in [0.15, 0.2) is 23.1 Å². The highest BCUT2D eigenvalue weighted by Gasteiger charge is 2.24. The SMILES string of the molecule is CC(=O)N1CCc2cc(S(=O)(=O)NCCON)ccc21. The zero-order chi connectivity index (χ0) is 14.8. The molecule has 2 rings (SSSR count). The lowest BCUT2D eigenvalue weighted by atomic mass is 10.2. The van der Waals surface area contributed by atoms with Crippen molar-refractivity contribution in [3.05, 3.63) is 23.8 Å². The fourth-order valence-corrected chi connectivity index (χ4v) is 3.25. The standard InChI is InChI=1S/C12H17N3O4S/c1-9(16)15-6-4-10-8-11(2-3-12(10)15)20(17,18)14-5-7-19-13/h2-3,8,14H,4-7,13H2,1H3. The molecule has 1 aromatic rings. The average molecular weight is 299 g/mol. The molecule has 110 valence electrons. The summed E-state index contributed by atoms with van der Waals surface area (Å²) in [4.78, 5) is 17.6. The van der Waals surface area contributed by atoms with Gasteiger partial charge >= 0.3 is 0 Å². The lowest BCUT2D eigenvalue weighted by Crippen LogP contribution is -2.28. The fraction of sp³-hybridized carbons (Fsp3) is 0.417. The summed E-state index contributed by atoms with van der Waals surface area (Å²) in [5, 5.41) is 0. The molecule has 0 atom stereocenters. The molecule has 1 heterocycles. The van der Waals surface area contributed by atoms with Gasteiger partial charge in [0.15, 0.2) is 0 Å². The van der Waals surface area contributed by atoms with Crippen LogP contribution in [-0.2, 0) is 26.1 Å². The van der Waals surface area contributed by atoms with Crippen LogP contribution in [0.2, 0.25) is 0 Å². The molecule has 3 N–H and O–H groups in total. The Morgan fingerprint density at radius 1 is 1.50 bits per heavy atom. The third-order valence-electron chi connectivity index (χ3n) is 3.15. The first-order chi connectivity index (χ1) is 9.45. The first-order valence-electron chi connectivity index (χ1n) is 6.18. The van der Waals surface area contributed by atoms with Crippen LogP contribution in [0.3, 0.4) is 0 Å². The number of amides is 1. The summed E-state index contributed by atoms with van der Waals surface area (Å²) in [6, 6.07) is 4.76. The van der Waals surface area contributed by atoms with Crippen molar-refractivity contribution in [2.75, 3.05) is 24.6 Å². The molecule has 0 bridgehead atoms. The zero-order valence-corrected chi connectivity index (χ0v) is 11.9. The van der Waals surface area contributed by atoms with E-state index in [1.165, 1.54) is 13.0 Å². The minimum absolute atomic E-state index is 0.0439. The van der Waals surface area contributed by atoms with Gasteiger partial charge in [-0.15, -0.1) is 0 Å². The second-order valence-electron chi connectivity index (χ2n) is 4.48. The van der Waals surface area contributed by atoms with E-state index in [2.05, 4.69) is 9.56 Å². The maximum absolute atomic E-state index is 12.0. The summed E-state index contributed by atoms with van der Waals surface area (Å²) < 4.78 is 26.5. The van der Waals surface area contributed by atoms with Crippen LogP contribution in [0.1, 0.15) is 12.5 Å². The summed E-state index contributed by atoms with van der Waals surface area (Å²) in [6.45, 7) is 2.29. The molecular weight excluding hydrogens is 282 g/mol. The van der Waals surface area contributed by atoms with Gasteiger partial charge in [0.2, 0.25) is 15.9 Å². The molecule has 0 spiro atoms. The molecule has 1 amide bonds. The molecule has 0 aromatic heterocycles. The Morgan fingerprint density at radius 2 is 2.25 bits per heavy atom. The molecule has 1 aliphatic heterocycles. The van der Waals surface area contributed by atoms with Crippen molar-refractivity contribution in [2.24, 2.45) is 5.90 Å². The smallest absolute Gasteiger partial charge is 0.240 e. The molecule has 0 fully saturated rings. The Kier molecular flexibility index (Phi) is 4.39. The predicted molar refractivity (Wildman–Crippen MR) is 73.5 cm³/mol. The van der Waals surface area contributed by atoms with Gasteiger partial charge in [0.05, 0.1) is 11.5 Å². The number of nitrogens with two attached hydrogens (primary N) is 1. The largest absolute Gasteiger partial charge is 0.312 e. The third kappa shape index (κ3) is 2.98. The molecule has 0 saturated carbocycles. The molecule has 0 radical (unpaired) electrons. The van der Waals surface area contributed by atoms with Gasteiger partial charge in [0.25, 0.3) is 0 Å². The van der Waals surface area contributed by atoms with Gasteiger partial charge in [-0.3, -0.25) is 4.79 Å². The molecule has 20 heavy (non-hydrogen) atoms. The molecule has 1 aliphatic rings. The number of carbonyl (C=O) groups is 1. The minimum Gasteiger partial charge on any atom is -0.312 e. The second-order valence-corrected chi connectivity index (χ2v) is 6.25. The fourth-order valence-electron chi connectivity index (χ4n) is 2.19. The van der Waals surface area contributed by atoms with Crippen LogP contribution in [0.5, 0.6) is 0 Å². The Hall–Kier alpha value is -1.48. The molecule has 1 aromatic carbocycles. The van der Waals surface area contributed by atoms with Gasteiger partial charge in [0, 0.05) is 25.7 Å². The van der Waals surface area contributed by atoms with Crippen LogP contribution >= 0.6 is 0 Å². The summed E-state index contributed by atoms with van der Waals surface area (Å²) >= 11 is 0. The number of benzene rings is 1. The van der Waals surface area contributed by atoms with Gasteiger partial charge < -0.3 is 9.74 Å². The van der Waals surface area contributed by atoms with Crippen molar-refractivity contribution in [2.45, 2.75) is 18.2 Å². The number of rotatable bonds is 5. The van der Waals surface area contributed by atoms with Gasteiger partial charge in [0.1, 0.15) is 0 Å². The number of sulfonamides is 1. The number of carbonyl (C=O) groups excluding carboxylic acids is 1. The number of fused-ring (bicyclic) bond motifs is 1. The molecule has 7 nitrogen and oxygen atoms in total. The van der Waals surface area contributed by atoms with Gasteiger partial charge in [-0.05, 0) is 30.2 Å². The van der Waals surface area contributed by atoms with Crippen LogP contribution in [0, 0.1) is 0 Å². The number of nitrogens with zero attached hydrogens (tertiary/aromatic N) is 1. The Bertz CT molecular complexity index is 615. The lowest BCUT2D eigenvalue weighted by Gasteiger charge is -2.15. The summed E-state index contributed by atoms with van der Waals surface area (Å²) in [7, 11) is -3.58. The third-order valence-corrected chi connectivity index (χ3v) is 4.61. The number of nitrogens with one attached hydrogen (secondary N) is 1. The summed E-state index contributed by atoms with van der Waals surface area (Å²) in [5.41, 5.74) is 1.64. The maximum Gasteiger partial charge on any atom is 0.240 e. The van der Waals surface area contributed by atoms with Crippen molar-refractivity contribution in [3.8, 4) is 0 Å². The van der Waals surface area contributed by atoms with E-state index in [0.29, 0.717) is 13.0 Å². The topological polar surface area (TPSA) is 102 Å². The van der Waals surface area contributed by atoms with E-state index < -0.39 is 10.0 Å². The van der Waals surface area contributed by atoms with Crippen molar-refractivity contribution in [1.29, 1.82) is 0 Å². The van der Waals surface area contributed by atoms with Gasteiger partial charge in [-0.1, -0.05) is 0 Å². The molecule has 0 unspecified atom stereocenters. The molecular formula is C12H17N3O4S. The first-order valence-corrected chi connectivity index (χ1v) is 7.66. The quantitative estimate of drug-likeness (QED) is 0.577. The highest BCUT2D eigenvalue weighted by molar-refractivity contribution is 7.89. The number of hydrogen-bond donors (Lipinski definition) is 2. The van der Waals surface area contributed by atoms with E-state index in [1.807, 2.05) is 0 Å². The van der Waals surface area contributed by atoms with Crippen molar-refractivity contribution < 1.29 is 18.0 Å². The highest BCUT2D eigenvalue weighted by Crippen LogP contribution is 2.30. The van der Waals surface area contributed by atoms with Crippen LogP contribution < -0.4 is 15.5 Å². The second kappa shape index (κ2) is 5.88. The van der Waals surface area contributed by atoms with Crippen molar-refractivity contribution in [1.82, 2.24) is 4.72 Å². The van der Waals surface area contributed by atoms with Crippen molar-refractivity contribution in [3.63, 3.8) is 0 Å². The number of hydrogen-bond acceptors (Lipinski definition) is 5. The van der Waals surface area contributed by atoms with Crippen LogP contribution in [0.4, 0.5) is 5.69 Å². The Balaban J connectivity index is 2.22. The van der Waals surface area contributed by atoms with Gasteiger partial charge in [-0.2, -0.15) is 0 Å². The van der Waals surface area contributed by atoms with E-state index >= 15 is 0 Å². The van der Waals surface area contributed by atoms with E-state index in [1.54, 1.807) is 17.0 Å². The zero-order valence-electron chi connectivity index (χ0n) is 11.1. The monoisotopic (exact) mass is 299 g/mol. The highest BCUT2D eigenvalue weighted by atomic mass is 32.2. The summed E-state index contributed by atoms with van der Waals surface area (Å²) in [6.07, 6.45) is 0.657. The molecule has 0 aliphatic carbocycles. The van der Waals surface area contributed by atoms with Crippen molar-refractivity contribution >= 4 is 21.6 Å². The van der Waals surface area contributed by atoms with E-state index in [9.17, 15) is 13.2 Å². The van der Waals surface area contributed by atoms with Crippen LogP contribution in [0.25, 0.3) is 0 Å². The molecule has 0 saturated heterocycles. The predicted octanol–water partition coefficient (Wildman–Crippen LogP) is -0.236.